The van der Waals surface area contributed by atoms with Gasteiger partial charge in [0, 0.05) is 11.6 Å². The molecule has 158 valence electrons. The summed E-state index contributed by atoms with van der Waals surface area (Å²) in [6.07, 6.45) is 13.2. The highest BCUT2D eigenvalue weighted by Gasteiger charge is 2.18. The SMILES string of the molecule is CCCCCCCOc1ccc2c(c1)CCc1nc(OCCCCCC)ccc1-2. The molecule has 0 spiro atoms. The minimum Gasteiger partial charge on any atom is -0.494 e. The molecule has 0 saturated carbocycles. The van der Waals surface area contributed by atoms with Crippen LogP contribution in [0, 0.1) is 0 Å². The topological polar surface area (TPSA) is 31.4 Å². The Morgan fingerprint density at radius 3 is 2.21 bits per heavy atom. The molecule has 0 aliphatic heterocycles. The van der Waals surface area contributed by atoms with Crippen molar-refractivity contribution in [3.8, 4) is 22.8 Å². The Labute approximate surface area is 176 Å². The minimum atomic E-state index is 0.765. The first-order valence-corrected chi connectivity index (χ1v) is 11.7. The molecule has 1 aromatic heterocycles. The van der Waals surface area contributed by atoms with E-state index in [1.165, 1.54) is 61.6 Å². The van der Waals surface area contributed by atoms with Crippen molar-refractivity contribution < 1.29 is 9.47 Å². The maximum absolute atomic E-state index is 6.00. The maximum Gasteiger partial charge on any atom is 0.213 e. The molecule has 2 aromatic rings. The quantitative estimate of drug-likeness (QED) is 0.337. The molecule has 3 rings (SSSR count). The number of fused-ring (bicyclic) bond motifs is 3. The van der Waals surface area contributed by atoms with Crippen molar-refractivity contribution in [3.05, 3.63) is 41.6 Å². The molecule has 0 amide bonds. The zero-order valence-corrected chi connectivity index (χ0v) is 18.3. The van der Waals surface area contributed by atoms with Crippen molar-refractivity contribution in [3.63, 3.8) is 0 Å². The minimum absolute atomic E-state index is 0.765. The number of ether oxygens (including phenoxy) is 2. The normalized spacial score (nSPS) is 12.3. The zero-order valence-electron chi connectivity index (χ0n) is 18.3. The van der Waals surface area contributed by atoms with Crippen molar-refractivity contribution >= 4 is 0 Å². The lowest BCUT2D eigenvalue weighted by Gasteiger charge is -2.20. The van der Waals surface area contributed by atoms with Crippen molar-refractivity contribution in [2.24, 2.45) is 0 Å². The number of benzene rings is 1. The number of nitrogens with zero attached hydrogens (tertiary/aromatic N) is 1. The summed E-state index contributed by atoms with van der Waals surface area (Å²) in [5.74, 6) is 1.77. The van der Waals surface area contributed by atoms with E-state index in [2.05, 4.69) is 38.1 Å². The highest BCUT2D eigenvalue weighted by Crippen LogP contribution is 2.35. The van der Waals surface area contributed by atoms with E-state index in [9.17, 15) is 0 Å². The Bertz CT molecular complexity index is 756. The van der Waals surface area contributed by atoms with E-state index < -0.39 is 0 Å². The van der Waals surface area contributed by atoms with Gasteiger partial charge in [0.05, 0.1) is 18.9 Å². The molecule has 0 fully saturated rings. The number of hydrogen-bond acceptors (Lipinski definition) is 3. The molecular formula is C26H37NO2. The number of pyridine rings is 1. The molecular weight excluding hydrogens is 358 g/mol. The summed E-state index contributed by atoms with van der Waals surface area (Å²) in [6.45, 7) is 6.06. The summed E-state index contributed by atoms with van der Waals surface area (Å²) in [5.41, 5.74) is 5.07. The van der Waals surface area contributed by atoms with Crippen LogP contribution in [0.15, 0.2) is 30.3 Å². The molecule has 0 N–H and O–H groups in total. The lowest BCUT2D eigenvalue weighted by Crippen LogP contribution is -2.08. The predicted molar refractivity (Wildman–Crippen MR) is 121 cm³/mol. The van der Waals surface area contributed by atoms with Gasteiger partial charge in [-0.15, -0.1) is 0 Å². The van der Waals surface area contributed by atoms with E-state index in [0.717, 1.165) is 56.2 Å². The van der Waals surface area contributed by atoms with E-state index in [0.29, 0.717) is 0 Å². The smallest absolute Gasteiger partial charge is 0.213 e. The van der Waals surface area contributed by atoms with Gasteiger partial charge in [0.15, 0.2) is 0 Å². The molecule has 0 radical (unpaired) electrons. The number of aryl methyl sites for hydroxylation is 2. The van der Waals surface area contributed by atoms with Gasteiger partial charge in [-0.2, -0.15) is 0 Å². The molecule has 1 heterocycles. The van der Waals surface area contributed by atoms with Crippen LogP contribution in [0.5, 0.6) is 11.6 Å². The highest BCUT2D eigenvalue weighted by atomic mass is 16.5. The van der Waals surface area contributed by atoms with Gasteiger partial charge >= 0.3 is 0 Å². The van der Waals surface area contributed by atoms with Gasteiger partial charge in [-0.3, -0.25) is 0 Å². The molecule has 1 aliphatic carbocycles. The second-order valence-electron chi connectivity index (χ2n) is 8.13. The molecule has 0 unspecified atom stereocenters. The molecule has 29 heavy (non-hydrogen) atoms. The lowest BCUT2D eigenvalue weighted by molar-refractivity contribution is 0.293. The lowest BCUT2D eigenvalue weighted by atomic mass is 9.88. The van der Waals surface area contributed by atoms with Crippen LogP contribution in [0.3, 0.4) is 0 Å². The Morgan fingerprint density at radius 1 is 0.724 bits per heavy atom. The van der Waals surface area contributed by atoms with Crippen LogP contribution >= 0.6 is 0 Å². The second kappa shape index (κ2) is 11.8. The van der Waals surface area contributed by atoms with E-state index in [1.807, 2.05) is 6.07 Å². The molecule has 0 atom stereocenters. The number of aromatic nitrogens is 1. The third-order valence-corrected chi connectivity index (χ3v) is 5.71. The van der Waals surface area contributed by atoms with Gasteiger partial charge in [-0.05, 0) is 55.0 Å². The standard InChI is InChI=1S/C26H37NO2/c1-3-5-7-9-11-18-28-22-13-14-23-21(20-22)12-16-25-24(23)15-17-26(27-25)29-19-10-8-6-4-2/h13-15,17,20H,3-12,16,18-19H2,1-2H3. The molecule has 3 nitrogen and oxygen atoms in total. The molecule has 3 heteroatoms. The van der Waals surface area contributed by atoms with Gasteiger partial charge in [0.2, 0.25) is 5.88 Å². The zero-order chi connectivity index (χ0) is 20.3. The Kier molecular flexibility index (Phi) is 8.85. The molecule has 0 saturated heterocycles. The van der Waals surface area contributed by atoms with Crippen LogP contribution in [0.4, 0.5) is 0 Å². The Hall–Kier alpha value is -2.03. The summed E-state index contributed by atoms with van der Waals surface area (Å²) in [4.78, 5) is 4.78. The van der Waals surface area contributed by atoms with E-state index in [-0.39, 0.29) is 0 Å². The van der Waals surface area contributed by atoms with Crippen molar-refractivity contribution in [2.75, 3.05) is 13.2 Å². The van der Waals surface area contributed by atoms with Crippen LogP contribution in [0.25, 0.3) is 11.1 Å². The molecule has 0 bridgehead atoms. The van der Waals surface area contributed by atoms with Gasteiger partial charge in [-0.1, -0.05) is 64.9 Å². The van der Waals surface area contributed by atoms with Crippen molar-refractivity contribution in [2.45, 2.75) is 84.5 Å². The van der Waals surface area contributed by atoms with Gasteiger partial charge in [0.25, 0.3) is 0 Å². The summed E-state index contributed by atoms with van der Waals surface area (Å²) < 4.78 is 11.9. The molecule has 1 aromatic carbocycles. The summed E-state index contributed by atoms with van der Waals surface area (Å²) >= 11 is 0. The van der Waals surface area contributed by atoms with Crippen molar-refractivity contribution in [1.82, 2.24) is 4.98 Å². The fourth-order valence-corrected chi connectivity index (χ4v) is 3.98. The maximum atomic E-state index is 6.00. The van der Waals surface area contributed by atoms with Crippen LogP contribution < -0.4 is 9.47 Å². The largest absolute Gasteiger partial charge is 0.494 e. The third kappa shape index (κ3) is 6.48. The van der Waals surface area contributed by atoms with Crippen LogP contribution in [0.1, 0.15) is 82.9 Å². The van der Waals surface area contributed by atoms with Crippen molar-refractivity contribution in [1.29, 1.82) is 0 Å². The first kappa shape index (κ1) is 21.7. The van der Waals surface area contributed by atoms with E-state index >= 15 is 0 Å². The second-order valence-corrected chi connectivity index (χ2v) is 8.13. The van der Waals surface area contributed by atoms with E-state index in [4.69, 9.17) is 14.5 Å². The number of rotatable bonds is 13. The van der Waals surface area contributed by atoms with Crippen LogP contribution in [0.2, 0.25) is 0 Å². The van der Waals surface area contributed by atoms with Gasteiger partial charge < -0.3 is 9.47 Å². The highest BCUT2D eigenvalue weighted by molar-refractivity contribution is 5.73. The molecule has 1 aliphatic rings. The number of unbranched alkanes of at least 4 members (excludes halogenated alkanes) is 7. The average Bonchev–Trinajstić information content (AvgIpc) is 2.75. The van der Waals surface area contributed by atoms with Crippen LogP contribution in [-0.4, -0.2) is 18.2 Å². The summed E-state index contributed by atoms with van der Waals surface area (Å²) in [6, 6.07) is 10.7. The Morgan fingerprint density at radius 2 is 1.41 bits per heavy atom. The summed E-state index contributed by atoms with van der Waals surface area (Å²) in [7, 11) is 0. The first-order chi connectivity index (χ1) is 14.3. The Balaban J connectivity index is 1.55. The predicted octanol–water partition coefficient (Wildman–Crippen LogP) is 7.16. The summed E-state index contributed by atoms with van der Waals surface area (Å²) in [5, 5.41) is 0. The first-order valence-electron chi connectivity index (χ1n) is 11.7. The number of hydrogen-bond donors (Lipinski definition) is 0. The van der Waals surface area contributed by atoms with E-state index in [1.54, 1.807) is 0 Å². The fraction of sp³-hybridized carbons (Fsp3) is 0.577. The van der Waals surface area contributed by atoms with Gasteiger partial charge in [0.1, 0.15) is 5.75 Å². The average molecular weight is 396 g/mol. The monoisotopic (exact) mass is 395 g/mol. The third-order valence-electron chi connectivity index (χ3n) is 5.71. The van der Waals surface area contributed by atoms with Crippen LogP contribution in [-0.2, 0) is 12.8 Å². The van der Waals surface area contributed by atoms with Gasteiger partial charge in [-0.25, -0.2) is 4.98 Å². The fourth-order valence-electron chi connectivity index (χ4n) is 3.98.